The minimum absolute atomic E-state index is 0.0879. The number of hydrogen-bond donors (Lipinski definition) is 0. The van der Waals surface area contributed by atoms with Crippen molar-refractivity contribution in [2.24, 2.45) is 0 Å². The fourth-order valence-electron chi connectivity index (χ4n) is 2.52. The molecule has 94 valence electrons. The molecule has 1 aromatic carbocycles. The van der Waals surface area contributed by atoms with Crippen LogP contribution in [0.4, 0.5) is 0 Å². The van der Waals surface area contributed by atoms with E-state index >= 15 is 0 Å². The third kappa shape index (κ3) is 1.73. The number of Topliss-reactive ketones (excluding diaryl/α,β-unsaturated/α-hetero) is 1. The Labute approximate surface area is 106 Å². The van der Waals surface area contributed by atoms with Crippen molar-refractivity contribution in [3.05, 3.63) is 29.6 Å². The average molecular weight is 244 g/mol. The molecule has 0 amide bonds. The second-order valence-corrected chi connectivity index (χ2v) is 4.83. The lowest BCUT2D eigenvalue weighted by molar-refractivity contribution is 0.101. The highest BCUT2D eigenvalue weighted by molar-refractivity contribution is 5.97. The summed E-state index contributed by atoms with van der Waals surface area (Å²) in [5.41, 5.74) is 2.74. The number of nitrogens with zero attached hydrogens (tertiary/aromatic N) is 2. The van der Waals surface area contributed by atoms with Gasteiger partial charge in [-0.1, -0.05) is 0 Å². The SMILES string of the molecule is CC(=O)c1ccc2nc3n(c2c1)[C@@H](C)COCC3. The molecule has 0 radical (unpaired) electrons. The van der Waals surface area contributed by atoms with Gasteiger partial charge in [-0.2, -0.15) is 0 Å². The Morgan fingerprint density at radius 3 is 3.11 bits per heavy atom. The summed E-state index contributed by atoms with van der Waals surface area (Å²) in [6.07, 6.45) is 0.828. The third-order valence-electron chi connectivity index (χ3n) is 3.44. The lowest BCUT2D eigenvalue weighted by Gasteiger charge is -2.13. The predicted molar refractivity (Wildman–Crippen MR) is 69.0 cm³/mol. The van der Waals surface area contributed by atoms with Crippen molar-refractivity contribution in [1.29, 1.82) is 0 Å². The molecule has 4 heteroatoms. The van der Waals surface area contributed by atoms with Crippen molar-refractivity contribution in [2.75, 3.05) is 13.2 Å². The van der Waals surface area contributed by atoms with Gasteiger partial charge in [-0.05, 0) is 32.0 Å². The summed E-state index contributed by atoms with van der Waals surface area (Å²) in [5.74, 6) is 1.14. The molecule has 1 aliphatic rings. The van der Waals surface area contributed by atoms with Gasteiger partial charge in [-0.25, -0.2) is 4.98 Å². The number of ether oxygens (including phenoxy) is 1. The van der Waals surface area contributed by atoms with Crippen molar-refractivity contribution < 1.29 is 9.53 Å². The number of aromatic nitrogens is 2. The Balaban J connectivity index is 2.24. The van der Waals surface area contributed by atoms with Crippen molar-refractivity contribution >= 4 is 16.8 Å². The molecule has 0 spiro atoms. The largest absolute Gasteiger partial charge is 0.379 e. The predicted octanol–water partition coefficient (Wildman–Crippen LogP) is 2.37. The van der Waals surface area contributed by atoms with E-state index in [9.17, 15) is 4.79 Å². The van der Waals surface area contributed by atoms with Crippen LogP contribution in [0.15, 0.2) is 18.2 Å². The lowest BCUT2D eigenvalue weighted by atomic mass is 10.1. The highest BCUT2D eigenvalue weighted by Gasteiger charge is 2.19. The maximum absolute atomic E-state index is 11.5. The summed E-state index contributed by atoms with van der Waals surface area (Å²) in [6.45, 7) is 5.12. The van der Waals surface area contributed by atoms with Gasteiger partial charge in [-0.15, -0.1) is 0 Å². The molecular weight excluding hydrogens is 228 g/mol. The van der Waals surface area contributed by atoms with Gasteiger partial charge >= 0.3 is 0 Å². The Hall–Kier alpha value is -1.68. The van der Waals surface area contributed by atoms with Gasteiger partial charge in [0.1, 0.15) is 5.82 Å². The van der Waals surface area contributed by atoms with Crippen LogP contribution in [0.1, 0.15) is 36.1 Å². The molecule has 2 aromatic rings. The Morgan fingerprint density at radius 2 is 2.33 bits per heavy atom. The molecule has 0 saturated heterocycles. The van der Waals surface area contributed by atoms with Crippen LogP contribution < -0.4 is 0 Å². The fraction of sp³-hybridized carbons (Fsp3) is 0.429. The standard InChI is InChI=1S/C14H16N2O2/c1-9-8-18-6-5-14-15-12-4-3-11(10(2)17)7-13(12)16(9)14/h3-4,7,9H,5-6,8H2,1-2H3/t9-/m0/s1. The van der Waals surface area contributed by atoms with E-state index < -0.39 is 0 Å². The highest BCUT2D eigenvalue weighted by atomic mass is 16.5. The number of carbonyl (C=O) groups is 1. The molecule has 1 aromatic heterocycles. The first-order chi connectivity index (χ1) is 8.66. The molecule has 2 heterocycles. The molecule has 0 fully saturated rings. The van der Waals surface area contributed by atoms with Crippen LogP contribution in [0.3, 0.4) is 0 Å². The first-order valence-electron chi connectivity index (χ1n) is 6.26. The van der Waals surface area contributed by atoms with Gasteiger partial charge in [0.05, 0.1) is 30.3 Å². The second-order valence-electron chi connectivity index (χ2n) is 4.83. The third-order valence-corrected chi connectivity index (χ3v) is 3.44. The van der Waals surface area contributed by atoms with Gasteiger partial charge in [0.2, 0.25) is 0 Å². The van der Waals surface area contributed by atoms with E-state index in [4.69, 9.17) is 4.74 Å². The maximum Gasteiger partial charge on any atom is 0.159 e. The van der Waals surface area contributed by atoms with Crippen LogP contribution in [0.25, 0.3) is 11.0 Å². The first kappa shape index (κ1) is 11.4. The molecule has 3 rings (SSSR count). The molecule has 0 N–H and O–H groups in total. The van der Waals surface area contributed by atoms with E-state index in [-0.39, 0.29) is 11.8 Å². The van der Waals surface area contributed by atoms with E-state index in [1.165, 1.54) is 0 Å². The van der Waals surface area contributed by atoms with E-state index in [2.05, 4.69) is 16.5 Å². The molecule has 18 heavy (non-hydrogen) atoms. The van der Waals surface area contributed by atoms with Crippen LogP contribution in [0, 0.1) is 0 Å². The number of ketones is 1. The molecule has 0 saturated carbocycles. The van der Waals surface area contributed by atoms with Crippen molar-refractivity contribution in [3.63, 3.8) is 0 Å². The fourth-order valence-corrected chi connectivity index (χ4v) is 2.52. The zero-order valence-electron chi connectivity index (χ0n) is 10.6. The minimum Gasteiger partial charge on any atom is -0.379 e. The van der Waals surface area contributed by atoms with Gasteiger partial charge in [0, 0.05) is 12.0 Å². The number of rotatable bonds is 1. The van der Waals surface area contributed by atoms with Crippen LogP contribution in [0.5, 0.6) is 0 Å². The number of imidazole rings is 1. The molecule has 0 unspecified atom stereocenters. The van der Waals surface area contributed by atoms with E-state index in [1.807, 2.05) is 18.2 Å². The van der Waals surface area contributed by atoms with Crippen molar-refractivity contribution in [2.45, 2.75) is 26.3 Å². The maximum atomic E-state index is 11.5. The summed E-state index contributed by atoms with van der Waals surface area (Å²) in [6, 6.07) is 5.98. The first-order valence-corrected chi connectivity index (χ1v) is 6.26. The lowest BCUT2D eigenvalue weighted by Crippen LogP contribution is -2.10. The highest BCUT2D eigenvalue weighted by Crippen LogP contribution is 2.25. The zero-order valence-corrected chi connectivity index (χ0v) is 10.6. The second kappa shape index (κ2) is 4.21. The molecular formula is C14H16N2O2. The number of fused-ring (bicyclic) bond motifs is 3. The average Bonchev–Trinajstić information content (AvgIpc) is 2.61. The van der Waals surface area contributed by atoms with Gasteiger partial charge in [0.25, 0.3) is 0 Å². The molecule has 0 aliphatic carbocycles. The smallest absolute Gasteiger partial charge is 0.159 e. The summed E-state index contributed by atoms with van der Waals surface area (Å²) in [4.78, 5) is 16.1. The summed E-state index contributed by atoms with van der Waals surface area (Å²) < 4.78 is 7.75. The monoisotopic (exact) mass is 244 g/mol. The van der Waals surface area contributed by atoms with Crippen molar-refractivity contribution in [3.8, 4) is 0 Å². The van der Waals surface area contributed by atoms with Crippen LogP contribution in [-0.2, 0) is 11.2 Å². The van der Waals surface area contributed by atoms with Crippen LogP contribution >= 0.6 is 0 Å². The van der Waals surface area contributed by atoms with Crippen LogP contribution in [0.2, 0.25) is 0 Å². The number of hydrogen-bond acceptors (Lipinski definition) is 3. The Bertz CT molecular complexity index is 616. The van der Waals surface area contributed by atoms with Crippen LogP contribution in [-0.4, -0.2) is 28.5 Å². The molecule has 1 aliphatic heterocycles. The Morgan fingerprint density at radius 1 is 1.50 bits per heavy atom. The van der Waals surface area contributed by atoms with Gasteiger partial charge in [-0.3, -0.25) is 4.79 Å². The minimum atomic E-state index is 0.0879. The summed E-state index contributed by atoms with van der Waals surface area (Å²) in [5, 5.41) is 0. The topological polar surface area (TPSA) is 44.1 Å². The molecule has 1 atom stereocenters. The van der Waals surface area contributed by atoms with E-state index in [0.717, 1.165) is 28.8 Å². The van der Waals surface area contributed by atoms with Crippen molar-refractivity contribution in [1.82, 2.24) is 9.55 Å². The van der Waals surface area contributed by atoms with Gasteiger partial charge < -0.3 is 9.30 Å². The van der Waals surface area contributed by atoms with E-state index in [1.54, 1.807) is 6.92 Å². The van der Waals surface area contributed by atoms with Gasteiger partial charge in [0.15, 0.2) is 5.78 Å². The number of carbonyl (C=O) groups excluding carboxylic acids is 1. The normalized spacial score (nSPS) is 19.6. The molecule has 4 nitrogen and oxygen atoms in total. The summed E-state index contributed by atoms with van der Waals surface area (Å²) in [7, 11) is 0. The zero-order chi connectivity index (χ0) is 12.7. The number of benzene rings is 1. The van der Waals surface area contributed by atoms with E-state index in [0.29, 0.717) is 13.2 Å². The Kier molecular flexibility index (Phi) is 2.67. The molecule has 0 bridgehead atoms. The summed E-state index contributed by atoms with van der Waals surface area (Å²) >= 11 is 0. The quantitative estimate of drug-likeness (QED) is 0.723.